The van der Waals surface area contributed by atoms with Crippen LogP contribution in [-0.4, -0.2) is 81.7 Å². The van der Waals surface area contributed by atoms with Crippen LogP contribution < -0.4 is 15.3 Å². The third-order valence-electron chi connectivity index (χ3n) is 12.0. The highest BCUT2D eigenvalue weighted by Gasteiger charge is 2.47. The van der Waals surface area contributed by atoms with Gasteiger partial charge in [0.25, 0.3) is 5.91 Å². The number of amides is 3. The molecule has 1 atom stereocenters. The minimum Gasteiger partial charge on any atom is -0.497 e. The molecule has 0 spiro atoms. The first kappa shape index (κ1) is 40.6. The molecule has 0 radical (unpaired) electrons. The summed E-state index contributed by atoms with van der Waals surface area (Å²) in [5, 5.41) is 0. The van der Waals surface area contributed by atoms with E-state index in [1.807, 2.05) is 81.4 Å². The molecule has 0 saturated carbocycles. The molecule has 3 aliphatic rings. The van der Waals surface area contributed by atoms with E-state index in [1.165, 1.54) is 4.90 Å². The van der Waals surface area contributed by atoms with Crippen molar-refractivity contribution in [3.05, 3.63) is 94.4 Å². The van der Waals surface area contributed by atoms with Gasteiger partial charge in [-0.3, -0.25) is 28.4 Å². The van der Waals surface area contributed by atoms with Crippen molar-refractivity contribution in [2.75, 3.05) is 38.2 Å². The van der Waals surface area contributed by atoms with Gasteiger partial charge in [-0.1, -0.05) is 42.5 Å². The van der Waals surface area contributed by atoms with E-state index in [9.17, 15) is 24.0 Å². The molecule has 3 aliphatic heterocycles. The molecule has 7 rings (SSSR count). The molecule has 3 saturated heterocycles. The van der Waals surface area contributed by atoms with Gasteiger partial charge in [-0.05, 0) is 107 Å². The van der Waals surface area contributed by atoms with Gasteiger partial charge in [0.05, 0.1) is 30.1 Å². The van der Waals surface area contributed by atoms with E-state index in [-0.39, 0.29) is 61.5 Å². The summed E-state index contributed by atoms with van der Waals surface area (Å²) in [5.74, 6) is 0.141. The normalized spacial score (nSPS) is 19.1. The van der Waals surface area contributed by atoms with Crippen LogP contribution in [0.5, 0.6) is 5.75 Å². The summed E-state index contributed by atoms with van der Waals surface area (Å²) in [6.45, 7) is 8.39. The van der Waals surface area contributed by atoms with E-state index in [1.54, 1.807) is 40.3 Å². The van der Waals surface area contributed by atoms with E-state index >= 15 is 0 Å². The summed E-state index contributed by atoms with van der Waals surface area (Å²) in [7, 11) is 3.30. The molecule has 0 bridgehead atoms. The highest BCUT2D eigenvalue weighted by molar-refractivity contribution is 6.00. The number of imidazole rings is 1. The summed E-state index contributed by atoms with van der Waals surface area (Å²) in [6.07, 6.45) is 3.52. The summed E-state index contributed by atoms with van der Waals surface area (Å²) < 4.78 is 20.0. The van der Waals surface area contributed by atoms with E-state index < -0.39 is 17.1 Å². The van der Waals surface area contributed by atoms with E-state index in [4.69, 9.17) is 14.2 Å². The zero-order valence-electron chi connectivity index (χ0n) is 34.3. The Bertz CT molecular complexity index is 2190. The second-order valence-corrected chi connectivity index (χ2v) is 17.0. The Morgan fingerprint density at radius 1 is 0.828 bits per heavy atom. The predicted octanol–water partition coefficient (Wildman–Crippen LogP) is 6.61. The van der Waals surface area contributed by atoms with Gasteiger partial charge in [-0.2, -0.15) is 0 Å². The lowest BCUT2D eigenvalue weighted by atomic mass is 9.70. The molecule has 4 heterocycles. The molecule has 3 amide bonds. The first-order valence-electron chi connectivity index (χ1n) is 20.4. The minimum atomic E-state index is -0.794. The average Bonchev–Trinajstić information content (AvgIpc) is 3.46. The maximum Gasteiger partial charge on any atom is 0.410 e. The van der Waals surface area contributed by atoms with Gasteiger partial charge in [0.15, 0.2) is 0 Å². The molecular formula is C45H55N5O8. The highest BCUT2D eigenvalue weighted by atomic mass is 16.6. The maximum atomic E-state index is 13.9. The molecule has 1 unspecified atom stereocenters. The van der Waals surface area contributed by atoms with Crippen molar-refractivity contribution < 1.29 is 33.4 Å². The monoisotopic (exact) mass is 793 g/mol. The number of likely N-dealkylation sites (tertiary alicyclic amines) is 2. The van der Waals surface area contributed by atoms with Crippen LogP contribution in [0.3, 0.4) is 0 Å². The average molecular weight is 794 g/mol. The van der Waals surface area contributed by atoms with Crippen LogP contribution in [0.25, 0.3) is 11.0 Å². The molecule has 13 heteroatoms. The zero-order chi connectivity index (χ0) is 41.2. The van der Waals surface area contributed by atoms with Crippen LogP contribution in [0.1, 0.15) is 82.9 Å². The molecular weight excluding hydrogens is 739 g/mol. The van der Waals surface area contributed by atoms with Crippen molar-refractivity contribution >= 4 is 40.6 Å². The van der Waals surface area contributed by atoms with Crippen molar-refractivity contribution in [1.29, 1.82) is 0 Å². The number of imide groups is 1. The number of rotatable bonds is 10. The molecule has 0 N–H and O–H groups in total. The van der Waals surface area contributed by atoms with E-state index in [0.717, 1.165) is 42.7 Å². The summed E-state index contributed by atoms with van der Waals surface area (Å²) in [4.78, 5) is 72.8. The van der Waals surface area contributed by atoms with Crippen molar-refractivity contribution in [3.8, 4) is 5.75 Å². The molecule has 1 aromatic heterocycles. The Morgan fingerprint density at radius 3 is 2.17 bits per heavy atom. The number of fused-ring (bicyclic) bond motifs is 1. The number of carbonyl (C=O) groups excluding carboxylic acids is 4. The fourth-order valence-electron chi connectivity index (χ4n) is 8.74. The van der Waals surface area contributed by atoms with Crippen molar-refractivity contribution in [2.45, 2.75) is 90.5 Å². The molecule has 0 aliphatic carbocycles. The van der Waals surface area contributed by atoms with Gasteiger partial charge in [-0.25, -0.2) is 9.59 Å². The van der Waals surface area contributed by atoms with E-state index in [2.05, 4.69) is 4.90 Å². The van der Waals surface area contributed by atoms with Crippen LogP contribution in [-0.2, 0) is 44.1 Å². The number of aromatic nitrogens is 2. The Balaban J connectivity index is 1.01. The number of hydrogen-bond donors (Lipinski definition) is 0. The summed E-state index contributed by atoms with van der Waals surface area (Å²) >= 11 is 0. The SMILES string of the molecule is COc1ccc(CN2C(=O)CCC(n3c(=O)n(C)c4cc(N5CCC(CC6(C(=O)OC(C)(C)C)CCN(C(=O)OCc7ccccc7)CC6)CC5)ccc43)C2=O)cc1. The molecule has 3 aromatic carbocycles. The van der Waals surface area contributed by atoms with Gasteiger partial charge in [0.2, 0.25) is 5.91 Å². The predicted molar refractivity (Wildman–Crippen MR) is 219 cm³/mol. The molecule has 4 aromatic rings. The summed E-state index contributed by atoms with van der Waals surface area (Å²) in [5.41, 5.74) is 2.44. The van der Waals surface area contributed by atoms with Gasteiger partial charge in [0.1, 0.15) is 24.0 Å². The number of ether oxygens (including phenoxy) is 3. The molecule has 13 nitrogen and oxygen atoms in total. The second kappa shape index (κ2) is 16.7. The number of nitrogens with zero attached hydrogens (tertiary/aromatic N) is 5. The molecule has 308 valence electrons. The third kappa shape index (κ3) is 8.63. The number of carbonyl (C=O) groups is 4. The smallest absolute Gasteiger partial charge is 0.410 e. The fourth-order valence-corrected chi connectivity index (χ4v) is 8.74. The number of anilines is 1. The van der Waals surface area contributed by atoms with Crippen LogP contribution in [0.4, 0.5) is 10.5 Å². The quantitative estimate of drug-likeness (QED) is 0.129. The fraction of sp³-hybridized carbons (Fsp3) is 0.489. The largest absolute Gasteiger partial charge is 0.497 e. The van der Waals surface area contributed by atoms with Crippen molar-refractivity contribution in [1.82, 2.24) is 18.9 Å². The third-order valence-corrected chi connectivity index (χ3v) is 12.0. The molecule has 58 heavy (non-hydrogen) atoms. The van der Waals surface area contributed by atoms with Gasteiger partial charge in [0, 0.05) is 45.3 Å². The lowest BCUT2D eigenvalue weighted by molar-refractivity contribution is -0.172. The topological polar surface area (TPSA) is 133 Å². The standard InChI is InChI=1S/C45H55N5O8/c1-44(2,3)58-41(53)45(21-25-48(26-22-45)43(55)57-30-33-9-7-6-8-10-33)28-31-19-23-47(24-20-31)34-13-16-36-38(27-34)46(4)42(54)50(36)37-17-18-39(51)49(40(37)52)29-32-11-14-35(56-5)15-12-32/h6-16,27,31,37H,17-26,28-30H2,1-5H3. The Labute approximate surface area is 339 Å². The second-order valence-electron chi connectivity index (χ2n) is 17.0. The van der Waals surface area contributed by atoms with Crippen LogP contribution in [0, 0.1) is 11.3 Å². The minimum absolute atomic E-state index is 0.124. The highest BCUT2D eigenvalue weighted by Crippen LogP contribution is 2.43. The summed E-state index contributed by atoms with van der Waals surface area (Å²) in [6, 6.07) is 22.0. The Morgan fingerprint density at radius 2 is 1.52 bits per heavy atom. The zero-order valence-corrected chi connectivity index (χ0v) is 34.3. The number of methoxy groups -OCH3 is 1. The van der Waals surface area contributed by atoms with Gasteiger partial charge >= 0.3 is 17.8 Å². The Hall–Kier alpha value is -5.59. The number of piperidine rings is 3. The van der Waals surface area contributed by atoms with Crippen molar-refractivity contribution in [3.63, 3.8) is 0 Å². The van der Waals surface area contributed by atoms with Crippen LogP contribution in [0.2, 0.25) is 0 Å². The number of hydrogen-bond acceptors (Lipinski definition) is 9. The number of benzene rings is 3. The van der Waals surface area contributed by atoms with Gasteiger partial charge in [-0.15, -0.1) is 0 Å². The molecule has 3 fully saturated rings. The van der Waals surface area contributed by atoms with Crippen molar-refractivity contribution in [2.24, 2.45) is 18.4 Å². The maximum absolute atomic E-state index is 13.9. The number of aryl methyl sites for hydroxylation is 1. The number of esters is 1. The van der Waals surface area contributed by atoms with E-state index in [0.29, 0.717) is 49.1 Å². The van der Waals surface area contributed by atoms with Crippen LogP contribution in [0.15, 0.2) is 77.6 Å². The first-order valence-corrected chi connectivity index (χ1v) is 20.4. The Kier molecular flexibility index (Phi) is 11.7. The first-order chi connectivity index (χ1) is 27.7. The van der Waals surface area contributed by atoms with Gasteiger partial charge < -0.3 is 24.0 Å². The lowest BCUT2D eigenvalue weighted by Crippen LogP contribution is -2.50. The van der Waals surface area contributed by atoms with Crippen LogP contribution >= 0.6 is 0 Å². The lowest BCUT2D eigenvalue weighted by Gasteiger charge is -2.44.